The van der Waals surface area contributed by atoms with E-state index in [1.807, 2.05) is 30.3 Å². The Labute approximate surface area is 202 Å². The summed E-state index contributed by atoms with van der Waals surface area (Å²) in [6, 6.07) is 23.6. The van der Waals surface area contributed by atoms with Crippen molar-refractivity contribution in [2.75, 3.05) is 13.7 Å². The maximum Gasteiger partial charge on any atom is 0.333 e. The lowest BCUT2D eigenvalue weighted by molar-refractivity contribution is -0.168. The summed E-state index contributed by atoms with van der Waals surface area (Å²) >= 11 is 0. The van der Waals surface area contributed by atoms with E-state index in [2.05, 4.69) is 0 Å². The van der Waals surface area contributed by atoms with E-state index >= 15 is 0 Å². The predicted octanol–water partition coefficient (Wildman–Crippen LogP) is 3.49. The van der Waals surface area contributed by atoms with Crippen molar-refractivity contribution in [3.8, 4) is 0 Å². The summed E-state index contributed by atoms with van der Waals surface area (Å²) < 4.78 is 4.99. The fraction of sp³-hybridized carbons (Fsp3) is 0.143. The van der Waals surface area contributed by atoms with Gasteiger partial charge in [-0.25, -0.2) is 4.79 Å². The standard InChI is InChI=1S/C28H22N2O5/c1-35-26(33)23(20-12-6-3-7-13-20)29-18-28(27(29)34,17-16-19-10-4-2-5-11-19)30-24(31)21-14-8-9-15-22(21)25(30)32/h2-17,23H,18H2,1H3/b17-16+. The molecule has 1 fully saturated rings. The molecule has 7 nitrogen and oxygen atoms in total. The van der Waals surface area contributed by atoms with Crippen LogP contribution in [0.1, 0.15) is 37.9 Å². The third-order valence-electron chi connectivity index (χ3n) is 6.44. The highest BCUT2D eigenvalue weighted by Gasteiger charge is 2.62. The van der Waals surface area contributed by atoms with Crippen molar-refractivity contribution >= 4 is 29.8 Å². The van der Waals surface area contributed by atoms with E-state index in [0.717, 1.165) is 10.5 Å². The maximum atomic E-state index is 13.9. The van der Waals surface area contributed by atoms with E-state index in [1.54, 1.807) is 66.7 Å². The molecule has 2 aliphatic rings. The van der Waals surface area contributed by atoms with Crippen molar-refractivity contribution < 1.29 is 23.9 Å². The summed E-state index contributed by atoms with van der Waals surface area (Å²) in [5, 5.41) is 0. The van der Waals surface area contributed by atoms with Crippen LogP contribution in [0.2, 0.25) is 0 Å². The number of benzene rings is 3. The zero-order valence-corrected chi connectivity index (χ0v) is 19.0. The molecule has 2 aliphatic heterocycles. The van der Waals surface area contributed by atoms with Gasteiger partial charge in [-0.3, -0.25) is 19.3 Å². The van der Waals surface area contributed by atoms with E-state index in [1.165, 1.54) is 12.0 Å². The summed E-state index contributed by atoms with van der Waals surface area (Å²) in [6.45, 7) is -0.0463. The number of imide groups is 1. The van der Waals surface area contributed by atoms with E-state index < -0.39 is 35.3 Å². The van der Waals surface area contributed by atoms with Gasteiger partial charge < -0.3 is 9.64 Å². The first-order chi connectivity index (χ1) is 17.0. The number of carbonyl (C=O) groups excluding carboxylic acids is 4. The van der Waals surface area contributed by atoms with Gasteiger partial charge in [0.05, 0.1) is 24.8 Å². The Hall–Kier alpha value is -4.52. The minimum Gasteiger partial charge on any atom is -0.467 e. The van der Waals surface area contributed by atoms with Crippen LogP contribution in [0.5, 0.6) is 0 Å². The van der Waals surface area contributed by atoms with Crippen LogP contribution < -0.4 is 0 Å². The second-order valence-corrected chi connectivity index (χ2v) is 8.43. The molecular weight excluding hydrogens is 444 g/mol. The number of β-lactam (4-membered cyclic amide) rings is 1. The molecule has 0 aliphatic carbocycles. The fourth-order valence-electron chi connectivity index (χ4n) is 4.67. The lowest BCUT2D eigenvalue weighted by atomic mass is 9.82. The number of esters is 1. The third kappa shape index (κ3) is 3.52. The zero-order valence-electron chi connectivity index (χ0n) is 19.0. The molecule has 2 atom stereocenters. The van der Waals surface area contributed by atoms with E-state index in [9.17, 15) is 19.2 Å². The number of nitrogens with zero attached hydrogens (tertiary/aromatic N) is 2. The zero-order chi connectivity index (χ0) is 24.6. The van der Waals surface area contributed by atoms with Crippen LogP contribution in [0.15, 0.2) is 91.0 Å². The van der Waals surface area contributed by atoms with Gasteiger partial charge in [-0.05, 0) is 29.3 Å². The summed E-state index contributed by atoms with van der Waals surface area (Å²) in [5.74, 6) is -2.21. The molecule has 0 bridgehead atoms. The topological polar surface area (TPSA) is 84.0 Å². The SMILES string of the molecule is COC(=O)C(c1ccccc1)N1CC(/C=C/c2ccccc2)(N2C(=O)c3ccccc3C2=O)C1=O. The van der Waals surface area contributed by atoms with Gasteiger partial charge in [0.15, 0.2) is 11.6 Å². The third-order valence-corrected chi connectivity index (χ3v) is 6.44. The Morgan fingerprint density at radius 1 is 0.857 bits per heavy atom. The van der Waals surface area contributed by atoms with Crippen molar-refractivity contribution in [2.45, 2.75) is 11.6 Å². The molecular formula is C28H22N2O5. The molecule has 0 N–H and O–H groups in total. The highest BCUT2D eigenvalue weighted by molar-refractivity contribution is 6.24. The number of hydrogen-bond acceptors (Lipinski definition) is 5. The second-order valence-electron chi connectivity index (χ2n) is 8.43. The number of rotatable bonds is 6. The van der Waals surface area contributed by atoms with Crippen LogP contribution >= 0.6 is 0 Å². The van der Waals surface area contributed by atoms with Crippen LogP contribution in [0.3, 0.4) is 0 Å². The average Bonchev–Trinajstić information content (AvgIpc) is 3.16. The minimum absolute atomic E-state index is 0.0463. The molecule has 2 unspecified atom stereocenters. The number of fused-ring (bicyclic) bond motifs is 1. The molecule has 5 rings (SSSR count). The second kappa shape index (κ2) is 8.68. The highest BCUT2D eigenvalue weighted by atomic mass is 16.5. The first kappa shape index (κ1) is 22.3. The van der Waals surface area contributed by atoms with Gasteiger partial charge in [0, 0.05) is 0 Å². The number of likely N-dealkylation sites (tertiary alicyclic amines) is 1. The van der Waals surface area contributed by atoms with E-state index in [4.69, 9.17) is 4.74 Å². The number of hydrogen-bond donors (Lipinski definition) is 0. The summed E-state index contributed by atoms with van der Waals surface area (Å²) in [7, 11) is 1.26. The van der Waals surface area contributed by atoms with Crippen LogP contribution in [0, 0.1) is 0 Å². The number of carbonyl (C=O) groups is 4. The summed E-state index contributed by atoms with van der Waals surface area (Å²) in [6.07, 6.45) is 3.30. The van der Waals surface area contributed by atoms with Gasteiger partial charge in [-0.1, -0.05) is 78.9 Å². The van der Waals surface area contributed by atoms with Gasteiger partial charge in [0.25, 0.3) is 17.7 Å². The Balaban J connectivity index is 1.57. The van der Waals surface area contributed by atoms with Crippen LogP contribution in [0.4, 0.5) is 0 Å². The van der Waals surface area contributed by atoms with Crippen LogP contribution in [0.25, 0.3) is 6.08 Å². The van der Waals surface area contributed by atoms with Gasteiger partial charge in [0.1, 0.15) is 0 Å². The van der Waals surface area contributed by atoms with Crippen molar-refractivity contribution in [3.05, 3.63) is 113 Å². The van der Waals surface area contributed by atoms with Crippen molar-refractivity contribution in [2.24, 2.45) is 0 Å². The van der Waals surface area contributed by atoms with Crippen molar-refractivity contribution in [1.82, 2.24) is 9.80 Å². The Morgan fingerprint density at radius 3 is 1.94 bits per heavy atom. The molecule has 3 aromatic carbocycles. The number of ether oxygens (including phenoxy) is 1. The first-order valence-corrected chi connectivity index (χ1v) is 11.1. The normalized spacial score (nSPS) is 20.1. The van der Waals surface area contributed by atoms with Crippen LogP contribution in [-0.2, 0) is 14.3 Å². The molecule has 0 spiro atoms. The predicted molar refractivity (Wildman–Crippen MR) is 128 cm³/mol. The Kier molecular flexibility index (Phi) is 5.53. The fourth-order valence-corrected chi connectivity index (χ4v) is 4.67. The van der Waals surface area contributed by atoms with Crippen molar-refractivity contribution in [3.63, 3.8) is 0 Å². The van der Waals surface area contributed by atoms with Crippen molar-refractivity contribution in [1.29, 1.82) is 0 Å². The minimum atomic E-state index is -1.57. The van der Waals surface area contributed by atoms with E-state index in [0.29, 0.717) is 5.56 Å². The lowest BCUT2D eigenvalue weighted by Crippen LogP contribution is -2.75. The Morgan fingerprint density at radius 2 is 1.40 bits per heavy atom. The highest BCUT2D eigenvalue weighted by Crippen LogP contribution is 2.42. The first-order valence-electron chi connectivity index (χ1n) is 11.1. The number of methoxy groups -OCH3 is 1. The molecule has 0 aromatic heterocycles. The smallest absolute Gasteiger partial charge is 0.333 e. The maximum absolute atomic E-state index is 13.9. The van der Waals surface area contributed by atoms with E-state index in [-0.39, 0.29) is 17.7 Å². The van der Waals surface area contributed by atoms with Gasteiger partial charge in [-0.2, -0.15) is 0 Å². The molecule has 174 valence electrons. The summed E-state index contributed by atoms with van der Waals surface area (Å²) in [5.41, 5.74) is 0.329. The largest absolute Gasteiger partial charge is 0.467 e. The monoisotopic (exact) mass is 466 g/mol. The van der Waals surface area contributed by atoms with Gasteiger partial charge in [-0.15, -0.1) is 0 Å². The lowest BCUT2D eigenvalue weighted by Gasteiger charge is -2.52. The van der Waals surface area contributed by atoms with Crippen LogP contribution in [-0.4, -0.2) is 52.7 Å². The molecule has 3 amide bonds. The molecule has 3 aromatic rings. The molecule has 7 heteroatoms. The van der Waals surface area contributed by atoms with Gasteiger partial charge in [0.2, 0.25) is 0 Å². The number of amides is 3. The molecule has 0 radical (unpaired) electrons. The molecule has 0 saturated carbocycles. The summed E-state index contributed by atoms with van der Waals surface area (Å²) in [4.78, 5) is 55.7. The molecule has 1 saturated heterocycles. The quantitative estimate of drug-likeness (QED) is 0.316. The average molecular weight is 466 g/mol. The molecule has 2 heterocycles. The van der Waals surface area contributed by atoms with Gasteiger partial charge >= 0.3 is 5.97 Å². The Bertz CT molecular complexity index is 1320. The molecule has 35 heavy (non-hydrogen) atoms.